The number of hydrogen-bond acceptors (Lipinski definition) is 8. The van der Waals surface area contributed by atoms with Crippen LogP contribution in [0, 0.1) is 0 Å². The molecule has 0 aliphatic carbocycles. The Morgan fingerprint density at radius 3 is 2.56 bits per heavy atom. The molecule has 12 heteroatoms. The normalized spacial score (nSPS) is 21.9. The van der Waals surface area contributed by atoms with Gasteiger partial charge in [-0.3, -0.25) is 34.2 Å². The van der Waals surface area contributed by atoms with Crippen LogP contribution >= 0.6 is 0 Å². The Balaban J connectivity index is 1.38. The zero-order valence-corrected chi connectivity index (χ0v) is 20.3. The first-order valence-electron chi connectivity index (χ1n) is 11.7. The zero-order chi connectivity index (χ0) is 26.2. The molecule has 0 saturated carbocycles. The number of nitrogens with one attached hydrogen (secondary N) is 2. The van der Waals surface area contributed by atoms with Crippen LogP contribution in [0.25, 0.3) is 0 Å². The molecule has 36 heavy (non-hydrogen) atoms. The summed E-state index contributed by atoms with van der Waals surface area (Å²) in [6.07, 6.45) is 0.0563. The van der Waals surface area contributed by atoms with E-state index < -0.39 is 41.4 Å². The first-order valence-corrected chi connectivity index (χ1v) is 11.7. The summed E-state index contributed by atoms with van der Waals surface area (Å²) in [7, 11) is 0. The molecule has 6 amide bonds. The molecule has 4 rings (SSSR count). The van der Waals surface area contributed by atoms with E-state index in [1.807, 2.05) is 0 Å². The summed E-state index contributed by atoms with van der Waals surface area (Å²) in [6, 6.07) is 3.09. The molecule has 1 aromatic rings. The Bertz CT molecular complexity index is 1140. The molecule has 0 spiro atoms. The number of likely N-dealkylation sites (tertiary alicyclic amines) is 1. The van der Waals surface area contributed by atoms with Crippen molar-refractivity contribution in [2.45, 2.75) is 57.7 Å². The lowest BCUT2D eigenvalue weighted by molar-refractivity contribution is -0.136. The average molecular weight is 501 g/mol. The van der Waals surface area contributed by atoms with Crippen molar-refractivity contribution < 1.29 is 38.2 Å². The Hall–Kier alpha value is -3.96. The third-order valence-corrected chi connectivity index (χ3v) is 6.04. The fraction of sp³-hybridized carbons (Fsp3) is 0.500. The van der Waals surface area contributed by atoms with Gasteiger partial charge in [0.15, 0.2) is 6.61 Å². The number of ether oxygens (including phenoxy) is 2. The van der Waals surface area contributed by atoms with Gasteiger partial charge >= 0.3 is 6.09 Å². The molecule has 3 heterocycles. The van der Waals surface area contributed by atoms with Crippen LogP contribution in [0.15, 0.2) is 18.2 Å². The minimum Gasteiger partial charge on any atom is -0.483 e. The molecule has 2 atom stereocenters. The molecule has 1 aromatic carbocycles. The van der Waals surface area contributed by atoms with Gasteiger partial charge in [-0.15, -0.1) is 0 Å². The molecule has 2 N–H and O–H groups in total. The largest absolute Gasteiger partial charge is 0.483 e. The topological polar surface area (TPSA) is 151 Å². The first kappa shape index (κ1) is 25.1. The van der Waals surface area contributed by atoms with Crippen LogP contribution in [-0.2, 0) is 19.1 Å². The van der Waals surface area contributed by atoms with E-state index in [0.29, 0.717) is 13.0 Å². The second-order valence-corrected chi connectivity index (χ2v) is 9.89. The van der Waals surface area contributed by atoms with Gasteiger partial charge in [-0.25, -0.2) is 4.79 Å². The van der Waals surface area contributed by atoms with Crippen LogP contribution in [0.3, 0.4) is 0 Å². The van der Waals surface area contributed by atoms with Crippen LogP contribution in [0.1, 0.15) is 60.7 Å². The minimum absolute atomic E-state index is 0.0152. The lowest BCUT2D eigenvalue weighted by Gasteiger charge is -2.27. The molecule has 0 bridgehead atoms. The van der Waals surface area contributed by atoms with Gasteiger partial charge in [-0.05, 0) is 45.7 Å². The number of benzene rings is 1. The summed E-state index contributed by atoms with van der Waals surface area (Å²) < 4.78 is 10.9. The van der Waals surface area contributed by atoms with Crippen LogP contribution in [0.2, 0.25) is 0 Å². The molecule has 1 unspecified atom stereocenters. The fourth-order valence-electron chi connectivity index (χ4n) is 4.41. The van der Waals surface area contributed by atoms with Crippen molar-refractivity contribution in [3.05, 3.63) is 29.3 Å². The number of imide groups is 2. The van der Waals surface area contributed by atoms with Crippen molar-refractivity contribution in [3.63, 3.8) is 0 Å². The van der Waals surface area contributed by atoms with Crippen molar-refractivity contribution in [2.24, 2.45) is 0 Å². The molecular weight excluding hydrogens is 472 g/mol. The standard InChI is InChI=1S/C24H28N4O8/c1-24(2,3)36-23(34)25-13-9-10-27(11-13)18(30)12-35-16-6-4-5-14-19(16)22(33)28(21(14)32)15-7-8-17(29)26-20(15)31/h4-6,13,15H,7-12H2,1-3H3,(H,25,34)(H,26,29,31)/t13-,15?/m1/s1. The second kappa shape index (κ2) is 9.59. The maximum absolute atomic E-state index is 13.1. The number of amides is 6. The average Bonchev–Trinajstić information content (AvgIpc) is 3.34. The number of nitrogens with zero attached hydrogens (tertiary/aromatic N) is 2. The molecule has 2 fully saturated rings. The molecule has 0 aromatic heterocycles. The highest BCUT2D eigenvalue weighted by atomic mass is 16.6. The van der Waals surface area contributed by atoms with Gasteiger partial charge in [0.2, 0.25) is 11.8 Å². The van der Waals surface area contributed by atoms with Crippen molar-refractivity contribution in [1.82, 2.24) is 20.4 Å². The quantitative estimate of drug-likeness (QED) is 0.558. The number of hydrogen-bond donors (Lipinski definition) is 2. The van der Waals surface area contributed by atoms with Crippen molar-refractivity contribution >= 4 is 35.6 Å². The lowest BCUT2D eigenvalue weighted by Crippen LogP contribution is -2.54. The molecule has 0 radical (unpaired) electrons. The van der Waals surface area contributed by atoms with Crippen LogP contribution in [0.5, 0.6) is 5.75 Å². The number of piperidine rings is 1. The van der Waals surface area contributed by atoms with Gasteiger partial charge in [0, 0.05) is 19.5 Å². The molecule has 12 nitrogen and oxygen atoms in total. The van der Waals surface area contributed by atoms with Gasteiger partial charge < -0.3 is 19.7 Å². The third-order valence-electron chi connectivity index (χ3n) is 6.04. The summed E-state index contributed by atoms with van der Waals surface area (Å²) in [4.78, 5) is 76.8. The number of alkyl carbamates (subject to hydrolysis) is 1. The van der Waals surface area contributed by atoms with Gasteiger partial charge in [-0.1, -0.05) is 6.07 Å². The summed E-state index contributed by atoms with van der Waals surface area (Å²) in [5.74, 6) is -2.83. The van der Waals surface area contributed by atoms with Crippen LogP contribution in [-0.4, -0.2) is 82.8 Å². The summed E-state index contributed by atoms with van der Waals surface area (Å²) >= 11 is 0. The Morgan fingerprint density at radius 2 is 1.86 bits per heavy atom. The van der Waals surface area contributed by atoms with E-state index in [1.54, 1.807) is 20.8 Å². The monoisotopic (exact) mass is 500 g/mol. The highest BCUT2D eigenvalue weighted by Gasteiger charge is 2.46. The fourth-order valence-corrected chi connectivity index (χ4v) is 4.41. The minimum atomic E-state index is -1.09. The summed E-state index contributed by atoms with van der Waals surface area (Å²) in [5.41, 5.74) is -0.586. The van der Waals surface area contributed by atoms with E-state index in [9.17, 15) is 28.8 Å². The maximum Gasteiger partial charge on any atom is 0.407 e. The van der Waals surface area contributed by atoms with Crippen molar-refractivity contribution in [1.29, 1.82) is 0 Å². The Labute approximate surface area is 207 Å². The Kier molecular flexibility index (Phi) is 6.70. The second-order valence-electron chi connectivity index (χ2n) is 9.89. The van der Waals surface area contributed by atoms with E-state index in [2.05, 4.69) is 10.6 Å². The summed E-state index contributed by atoms with van der Waals surface area (Å²) in [6.45, 7) is 5.60. The molecule has 2 saturated heterocycles. The Morgan fingerprint density at radius 1 is 1.11 bits per heavy atom. The molecule has 192 valence electrons. The van der Waals surface area contributed by atoms with Crippen LogP contribution in [0.4, 0.5) is 4.79 Å². The first-order chi connectivity index (χ1) is 16.9. The van der Waals surface area contributed by atoms with Gasteiger partial charge in [0.05, 0.1) is 17.2 Å². The van der Waals surface area contributed by atoms with Gasteiger partial charge in [0.25, 0.3) is 17.7 Å². The van der Waals surface area contributed by atoms with E-state index in [-0.39, 0.29) is 54.8 Å². The number of carbonyl (C=O) groups excluding carboxylic acids is 6. The number of rotatable bonds is 5. The van der Waals surface area contributed by atoms with E-state index in [0.717, 1.165) is 4.90 Å². The highest BCUT2D eigenvalue weighted by Crippen LogP contribution is 2.33. The van der Waals surface area contributed by atoms with Gasteiger partial charge in [-0.2, -0.15) is 0 Å². The SMILES string of the molecule is CC(C)(C)OC(=O)N[C@@H]1CCN(C(=O)COc2cccc3c2C(=O)N(C2CCC(=O)NC2=O)C3=O)C1. The molecule has 3 aliphatic heterocycles. The predicted octanol–water partition coefficient (Wildman–Crippen LogP) is 0.592. The van der Waals surface area contributed by atoms with E-state index >= 15 is 0 Å². The van der Waals surface area contributed by atoms with Crippen molar-refractivity contribution in [3.8, 4) is 5.75 Å². The lowest BCUT2D eigenvalue weighted by atomic mass is 10.0. The number of fused-ring (bicyclic) bond motifs is 1. The predicted molar refractivity (Wildman–Crippen MR) is 123 cm³/mol. The van der Waals surface area contributed by atoms with Crippen molar-refractivity contribution in [2.75, 3.05) is 19.7 Å². The summed E-state index contributed by atoms with van der Waals surface area (Å²) in [5, 5.41) is 4.89. The highest BCUT2D eigenvalue weighted by molar-refractivity contribution is 6.24. The zero-order valence-electron chi connectivity index (χ0n) is 20.3. The van der Waals surface area contributed by atoms with E-state index in [1.165, 1.54) is 23.1 Å². The maximum atomic E-state index is 13.1. The van der Waals surface area contributed by atoms with Gasteiger partial charge in [0.1, 0.15) is 17.4 Å². The number of carbonyl (C=O) groups is 6. The van der Waals surface area contributed by atoms with Crippen LogP contribution < -0.4 is 15.4 Å². The smallest absolute Gasteiger partial charge is 0.407 e. The molecule has 3 aliphatic rings. The third kappa shape index (κ3) is 5.16. The van der Waals surface area contributed by atoms with E-state index in [4.69, 9.17) is 9.47 Å². The molecular formula is C24H28N4O8.